The zero-order valence-corrected chi connectivity index (χ0v) is 15.3. The Hall–Kier alpha value is -3.49. The summed E-state index contributed by atoms with van der Waals surface area (Å²) in [6.07, 6.45) is 0.895. The van der Waals surface area contributed by atoms with Gasteiger partial charge >= 0.3 is 12.2 Å². The number of anilines is 1. The van der Waals surface area contributed by atoms with Crippen molar-refractivity contribution in [2.24, 2.45) is 0 Å². The van der Waals surface area contributed by atoms with Crippen LogP contribution < -0.4 is 15.4 Å². The van der Waals surface area contributed by atoms with Crippen molar-refractivity contribution in [3.05, 3.63) is 78.4 Å². The van der Waals surface area contributed by atoms with Gasteiger partial charge < -0.3 is 19.9 Å². The molecule has 0 radical (unpaired) electrons. The molecule has 3 aromatic rings. The number of aromatic nitrogens is 2. The van der Waals surface area contributed by atoms with Gasteiger partial charge in [0.05, 0.1) is 6.33 Å². The molecule has 2 amide bonds. The van der Waals surface area contributed by atoms with E-state index in [-0.39, 0.29) is 12.3 Å². The van der Waals surface area contributed by atoms with E-state index >= 15 is 0 Å². The van der Waals surface area contributed by atoms with Crippen LogP contribution >= 0.6 is 0 Å². The molecule has 9 heteroatoms. The van der Waals surface area contributed by atoms with E-state index in [0.717, 1.165) is 5.56 Å². The minimum absolute atomic E-state index is 0.0931. The average Bonchev–Trinajstić information content (AvgIpc) is 3.19. The molecule has 0 aliphatic rings. The van der Waals surface area contributed by atoms with E-state index in [4.69, 9.17) is 4.74 Å². The highest BCUT2D eigenvalue weighted by atomic mass is 19.4. The Morgan fingerprint density at radius 2 is 1.90 bits per heavy atom. The first-order valence-electron chi connectivity index (χ1n) is 8.75. The number of hydrogen-bond acceptors (Lipinski definition) is 3. The molecule has 0 saturated carbocycles. The Morgan fingerprint density at radius 3 is 2.59 bits per heavy atom. The van der Waals surface area contributed by atoms with Gasteiger partial charge in [0.2, 0.25) is 0 Å². The van der Waals surface area contributed by atoms with Gasteiger partial charge in [0.15, 0.2) is 6.61 Å². The van der Waals surface area contributed by atoms with E-state index in [2.05, 4.69) is 15.6 Å². The van der Waals surface area contributed by atoms with Crippen molar-refractivity contribution in [3.63, 3.8) is 0 Å². The van der Waals surface area contributed by atoms with Crippen molar-refractivity contribution in [3.8, 4) is 5.75 Å². The summed E-state index contributed by atoms with van der Waals surface area (Å²) in [6, 6.07) is 13.1. The van der Waals surface area contributed by atoms with Crippen molar-refractivity contribution in [2.75, 3.05) is 11.9 Å². The molecule has 0 unspecified atom stereocenters. The molecule has 1 heterocycles. The van der Waals surface area contributed by atoms with Crippen LogP contribution in [0.3, 0.4) is 0 Å². The second-order valence-electron chi connectivity index (χ2n) is 6.29. The molecular formula is C20H19F3N4O2. The quantitative estimate of drug-likeness (QED) is 0.620. The van der Waals surface area contributed by atoms with E-state index in [1.807, 2.05) is 22.9 Å². The van der Waals surface area contributed by atoms with Gasteiger partial charge in [0.1, 0.15) is 5.75 Å². The first kappa shape index (κ1) is 20.2. The Labute approximate surface area is 165 Å². The molecule has 1 aromatic heterocycles. The summed E-state index contributed by atoms with van der Waals surface area (Å²) in [5, 5.41) is 5.37. The fraction of sp³-hybridized carbons (Fsp3) is 0.200. The van der Waals surface area contributed by atoms with Gasteiger partial charge in [-0.05, 0) is 35.4 Å². The lowest BCUT2D eigenvalue weighted by molar-refractivity contribution is -0.153. The third kappa shape index (κ3) is 6.87. The molecule has 2 N–H and O–H groups in total. The zero-order chi connectivity index (χ0) is 20.7. The summed E-state index contributed by atoms with van der Waals surface area (Å²) in [7, 11) is 0. The number of carbonyl (C=O) groups is 1. The Balaban J connectivity index is 1.47. The van der Waals surface area contributed by atoms with Gasteiger partial charge in [-0.2, -0.15) is 13.2 Å². The summed E-state index contributed by atoms with van der Waals surface area (Å²) in [4.78, 5) is 16.0. The molecule has 0 aliphatic heterocycles. The van der Waals surface area contributed by atoms with E-state index in [1.54, 1.807) is 36.8 Å². The van der Waals surface area contributed by atoms with Crippen LogP contribution in [0.25, 0.3) is 0 Å². The van der Waals surface area contributed by atoms with Crippen LogP contribution in [0.15, 0.2) is 67.3 Å². The van der Waals surface area contributed by atoms with Crippen LogP contribution in [0.1, 0.15) is 11.1 Å². The van der Waals surface area contributed by atoms with Crippen LogP contribution in [-0.4, -0.2) is 28.4 Å². The van der Waals surface area contributed by atoms with Crippen LogP contribution in [0.2, 0.25) is 0 Å². The number of imidazole rings is 1. The number of rotatable bonds is 7. The molecule has 0 spiro atoms. The standard InChI is InChI=1S/C20H19F3N4O2/c21-20(22,23)13-29-18-3-1-2-16(10-18)11-25-19(28)26-17-6-4-15(5-7-17)12-27-9-8-24-14-27/h1-10,14H,11-13H2,(H2,25,26,28). The monoisotopic (exact) mass is 404 g/mol. The van der Waals surface area contributed by atoms with Crippen LogP contribution in [-0.2, 0) is 13.1 Å². The van der Waals surface area contributed by atoms with Crippen molar-refractivity contribution < 1.29 is 22.7 Å². The predicted octanol–water partition coefficient (Wildman–Crippen LogP) is 4.19. The van der Waals surface area contributed by atoms with Gasteiger partial charge in [0.25, 0.3) is 0 Å². The highest BCUT2D eigenvalue weighted by Gasteiger charge is 2.28. The third-order valence-electron chi connectivity index (χ3n) is 3.89. The lowest BCUT2D eigenvalue weighted by Crippen LogP contribution is -2.28. The smallest absolute Gasteiger partial charge is 0.422 e. The predicted molar refractivity (Wildman–Crippen MR) is 102 cm³/mol. The number of nitrogens with zero attached hydrogens (tertiary/aromatic N) is 2. The minimum Gasteiger partial charge on any atom is -0.484 e. The fourth-order valence-corrected chi connectivity index (χ4v) is 2.55. The highest BCUT2D eigenvalue weighted by Crippen LogP contribution is 2.19. The number of alkyl halides is 3. The molecule has 0 bridgehead atoms. The van der Waals surface area contributed by atoms with Crippen molar-refractivity contribution in [2.45, 2.75) is 19.3 Å². The Kier molecular flexibility index (Phi) is 6.38. The normalized spacial score (nSPS) is 11.1. The average molecular weight is 404 g/mol. The van der Waals surface area contributed by atoms with Crippen LogP contribution in [0, 0.1) is 0 Å². The minimum atomic E-state index is -4.40. The van der Waals surface area contributed by atoms with E-state index in [1.165, 1.54) is 12.1 Å². The summed E-state index contributed by atoms with van der Waals surface area (Å²) >= 11 is 0. The topological polar surface area (TPSA) is 68.2 Å². The molecule has 29 heavy (non-hydrogen) atoms. The molecule has 2 aromatic carbocycles. The maximum atomic E-state index is 12.2. The molecule has 0 aliphatic carbocycles. The number of amides is 2. The maximum Gasteiger partial charge on any atom is 0.422 e. The summed E-state index contributed by atoms with van der Waals surface area (Å²) in [5.74, 6) is 0.0931. The molecular weight excluding hydrogens is 385 g/mol. The van der Waals surface area contributed by atoms with E-state index < -0.39 is 18.8 Å². The SMILES string of the molecule is O=C(NCc1cccc(OCC(F)(F)F)c1)Nc1ccc(Cn2ccnc2)cc1. The fourth-order valence-electron chi connectivity index (χ4n) is 2.55. The molecule has 0 saturated heterocycles. The van der Waals surface area contributed by atoms with Gasteiger partial charge in [-0.1, -0.05) is 24.3 Å². The third-order valence-corrected chi connectivity index (χ3v) is 3.89. The summed E-state index contributed by atoms with van der Waals surface area (Å²) in [5.41, 5.74) is 2.30. The summed E-state index contributed by atoms with van der Waals surface area (Å²) in [6.45, 7) is -0.534. The second-order valence-corrected chi connectivity index (χ2v) is 6.29. The Bertz CT molecular complexity index is 926. The largest absolute Gasteiger partial charge is 0.484 e. The van der Waals surface area contributed by atoms with Crippen molar-refractivity contribution in [1.29, 1.82) is 0 Å². The zero-order valence-electron chi connectivity index (χ0n) is 15.3. The molecule has 152 valence electrons. The number of hydrogen-bond donors (Lipinski definition) is 2. The number of nitrogens with one attached hydrogen (secondary N) is 2. The first-order valence-corrected chi connectivity index (χ1v) is 8.75. The second kappa shape index (κ2) is 9.13. The Morgan fingerprint density at radius 1 is 1.10 bits per heavy atom. The maximum absolute atomic E-state index is 12.2. The molecule has 0 fully saturated rings. The van der Waals surface area contributed by atoms with E-state index in [0.29, 0.717) is 17.8 Å². The number of benzene rings is 2. The first-order chi connectivity index (χ1) is 13.9. The molecule has 6 nitrogen and oxygen atoms in total. The van der Waals surface area contributed by atoms with Gasteiger partial charge in [-0.15, -0.1) is 0 Å². The van der Waals surface area contributed by atoms with E-state index in [9.17, 15) is 18.0 Å². The van der Waals surface area contributed by atoms with Gasteiger partial charge in [-0.3, -0.25) is 0 Å². The van der Waals surface area contributed by atoms with Crippen LogP contribution in [0.5, 0.6) is 5.75 Å². The van der Waals surface area contributed by atoms with Crippen LogP contribution in [0.4, 0.5) is 23.7 Å². The highest BCUT2D eigenvalue weighted by molar-refractivity contribution is 5.89. The van der Waals surface area contributed by atoms with Gasteiger partial charge in [-0.25, -0.2) is 9.78 Å². The molecule has 0 atom stereocenters. The van der Waals surface area contributed by atoms with Crippen molar-refractivity contribution >= 4 is 11.7 Å². The lowest BCUT2D eigenvalue weighted by atomic mass is 10.2. The number of urea groups is 1. The van der Waals surface area contributed by atoms with Crippen molar-refractivity contribution in [1.82, 2.24) is 14.9 Å². The molecule has 3 rings (SSSR count). The number of carbonyl (C=O) groups excluding carboxylic acids is 1. The summed E-state index contributed by atoms with van der Waals surface area (Å²) < 4.78 is 43.3. The lowest BCUT2D eigenvalue weighted by Gasteiger charge is -2.11. The van der Waals surface area contributed by atoms with Gasteiger partial charge in [0, 0.05) is 31.2 Å². The number of halogens is 3. The number of ether oxygens (including phenoxy) is 1.